The van der Waals surface area contributed by atoms with Crippen LogP contribution in [0.2, 0.25) is 15.1 Å². The Kier molecular flexibility index (Phi) is 11.3. The lowest BCUT2D eigenvalue weighted by Crippen LogP contribution is -2.44. The van der Waals surface area contributed by atoms with Gasteiger partial charge in [0.1, 0.15) is 21.2 Å². The fraction of sp³-hybridized carbons (Fsp3) is 0.353. The first-order chi connectivity index (χ1) is 22.9. The summed E-state index contributed by atoms with van der Waals surface area (Å²) in [5, 5.41) is 3.16. The molecule has 1 unspecified atom stereocenters. The fourth-order valence-electron chi connectivity index (χ4n) is 4.92. The zero-order chi connectivity index (χ0) is 37.7. The molecule has 9 nitrogen and oxygen atoms in total. The van der Waals surface area contributed by atoms with Gasteiger partial charge in [-0.2, -0.15) is 4.90 Å². The molecule has 1 N–H and O–H groups in total. The van der Waals surface area contributed by atoms with E-state index in [1.54, 1.807) is 18.2 Å². The summed E-state index contributed by atoms with van der Waals surface area (Å²) in [5.41, 5.74) is -3.46. The van der Waals surface area contributed by atoms with Crippen LogP contribution in [0.1, 0.15) is 63.4 Å². The van der Waals surface area contributed by atoms with E-state index in [1.807, 2.05) is 0 Å². The molecule has 2 atom stereocenters. The Balaban J connectivity index is 1.64. The van der Waals surface area contributed by atoms with Crippen LogP contribution < -0.4 is 15.1 Å². The van der Waals surface area contributed by atoms with Crippen molar-refractivity contribution in [2.24, 2.45) is 5.92 Å². The number of hydrogen-bond acceptors (Lipinski definition) is 6. The van der Waals surface area contributed by atoms with Crippen LogP contribution in [0.25, 0.3) is 0 Å². The molecule has 0 aliphatic heterocycles. The van der Waals surface area contributed by atoms with Crippen LogP contribution in [-0.4, -0.2) is 46.6 Å². The number of nitrogens with zero attached hydrogens (tertiary/aromatic N) is 2. The molecule has 0 aromatic heterocycles. The Morgan fingerprint density at radius 3 is 1.90 bits per heavy atom. The largest absolute Gasteiger partial charge is 0.443 e. The molecule has 4 amide bonds. The molecule has 4 rings (SSSR count). The fourth-order valence-corrected chi connectivity index (χ4v) is 6.25. The lowest BCUT2D eigenvalue weighted by Gasteiger charge is -2.29. The van der Waals surface area contributed by atoms with Crippen LogP contribution in [-0.2, 0) is 14.3 Å². The normalized spacial score (nSPS) is 16.7. The quantitative estimate of drug-likeness (QED) is 0.249. The molecule has 1 aliphatic carbocycles. The number of benzene rings is 3. The molecule has 50 heavy (non-hydrogen) atoms. The number of carbonyl (C=O) groups is 4. The summed E-state index contributed by atoms with van der Waals surface area (Å²) in [6, 6.07) is 10.5. The molecule has 268 valence electrons. The number of ether oxygens (including phenoxy) is 2. The SMILES string of the molecule is CN(C(=O)c1cc(NC(=O)C2[C@H](c3ccc(Cl)c(Cl)c3)C2(Cl)Cl)ccc1Cl)c1ccc(F)c(N(C(=O)OC(C)(C)C)C(=O)OC(C)(C)C)c1F. The molecule has 1 aliphatic rings. The number of rotatable bonds is 6. The van der Waals surface area contributed by atoms with Gasteiger partial charge in [-0.05, 0) is 89.6 Å². The minimum absolute atomic E-state index is 0.0733. The van der Waals surface area contributed by atoms with Gasteiger partial charge in [-0.15, -0.1) is 23.2 Å². The van der Waals surface area contributed by atoms with Gasteiger partial charge >= 0.3 is 12.2 Å². The van der Waals surface area contributed by atoms with Crippen molar-refractivity contribution in [3.05, 3.63) is 86.4 Å². The number of imide groups is 1. The molecule has 0 radical (unpaired) electrons. The second kappa shape index (κ2) is 14.3. The predicted molar refractivity (Wildman–Crippen MR) is 191 cm³/mol. The van der Waals surface area contributed by atoms with Gasteiger partial charge in [0.2, 0.25) is 5.91 Å². The van der Waals surface area contributed by atoms with Crippen molar-refractivity contribution in [1.29, 1.82) is 0 Å². The van der Waals surface area contributed by atoms with E-state index in [1.165, 1.54) is 59.7 Å². The Hall–Kier alpha value is -3.35. The Morgan fingerprint density at radius 2 is 1.36 bits per heavy atom. The van der Waals surface area contributed by atoms with Crippen molar-refractivity contribution in [3.63, 3.8) is 0 Å². The summed E-state index contributed by atoms with van der Waals surface area (Å²) in [5.74, 6) is -5.75. The maximum atomic E-state index is 16.2. The summed E-state index contributed by atoms with van der Waals surface area (Å²) in [6.07, 6.45) is -2.84. The first kappa shape index (κ1) is 39.4. The number of hydrogen-bond donors (Lipinski definition) is 1. The minimum Gasteiger partial charge on any atom is -0.443 e. The van der Waals surface area contributed by atoms with Crippen molar-refractivity contribution in [3.8, 4) is 0 Å². The van der Waals surface area contributed by atoms with Gasteiger partial charge in [0.15, 0.2) is 11.6 Å². The number of anilines is 3. The van der Waals surface area contributed by atoms with E-state index in [9.17, 15) is 19.2 Å². The maximum absolute atomic E-state index is 16.2. The van der Waals surface area contributed by atoms with E-state index >= 15 is 8.78 Å². The van der Waals surface area contributed by atoms with Crippen LogP contribution in [0.15, 0.2) is 48.5 Å². The summed E-state index contributed by atoms with van der Waals surface area (Å²) in [4.78, 5) is 54.1. The second-order valence-electron chi connectivity index (χ2n) is 13.4. The van der Waals surface area contributed by atoms with Crippen LogP contribution in [0, 0.1) is 17.6 Å². The van der Waals surface area contributed by atoms with Gasteiger partial charge in [0.25, 0.3) is 5.91 Å². The highest BCUT2D eigenvalue weighted by Crippen LogP contribution is 2.65. The van der Waals surface area contributed by atoms with E-state index in [0.29, 0.717) is 10.6 Å². The minimum atomic E-state index is -1.46. The van der Waals surface area contributed by atoms with Gasteiger partial charge in [0, 0.05) is 18.7 Å². The topological polar surface area (TPSA) is 105 Å². The summed E-state index contributed by atoms with van der Waals surface area (Å²) >= 11 is 31.4. The zero-order valence-corrected chi connectivity index (χ0v) is 31.5. The molecular formula is C34H32Cl5F2N3O6. The summed E-state index contributed by atoms with van der Waals surface area (Å²) in [6.45, 7) is 8.97. The van der Waals surface area contributed by atoms with E-state index in [2.05, 4.69) is 5.32 Å². The molecule has 0 heterocycles. The van der Waals surface area contributed by atoms with Crippen molar-refractivity contribution < 1.29 is 37.4 Å². The standard InChI is InChI=1S/C34H32Cl5F2N3O6/c1-32(2,3)49-30(47)44(31(48)50-33(4,5)6)27-22(40)12-13-23(26(27)41)43(7)29(46)18-15-17(9-11-19(18)35)42-28(45)25-24(34(25,38)39)16-8-10-20(36)21(37)14-16/h8-15,24-25H,1-7H3,(H,42,45)/t24-,25?/m0/s1. The Morgan fingerprint density at radius 1 is 0.800 bits per heavy atom. The smallest absolute Gasteiger partial charge is 0.424 e. The molecule has 3 aromatic rings. The molecule has 0 saturated heterocycles. The number of alkyl halides is 2. The van der Waals surface area contributed by atoms with Crippen LogP contribution in [0.4, 0.5) is 35.4 Å². The van der Waals surface area contributed by atoms with E-state index < -0.39 is 74.4 Å². The van der Waals surface area contributed by atoms with Crippen LogP contribution in [0.3, 0.4) is 0 Å². The molecule has 0 bridgehead atoms. The van der Waals surface area contributed by atoms with Gasteiger partial charge in [-0.25, -0.2) is 18.4 Å². The summed E-state index contributed by atoms with van der Waals surface area (Å²) < 4.78 is 40.5. The monoisotopic (exact) mass is 791 g/mol. The van der Waals surface area contributed by atoms with Gasteiger partial charge in [0.05, 0.1) is 32.2 Å². The average Bonchev–Trinajstić information content (AvgIpc) is 3.56. The van der Waals surface area contributed by atoms with Crippen LogP contribution >= 0.6 is 58.0 Å². The number of halogens is 7. The van der Waals surface area contributed by atoms with E-state index in [0.717, 1.165) is 24.1 Å². The van der Waals surface area contributed by atoms with Crippen molar-refractivity contribution in [1.82, 2.24) is 0 Å². The molecular weight excluding hydrogens is 762 g/mol. The average molecular weight is 794 g/mol. The summed E-state index contributed by atoms with van der Waals surface area (Å²) in [7, 11) is 1.16. The van der Waals surface area contributed by atoms with Crippen molar-refractivity contribution >= 4 is 99.1 Å². The van der Waals surface area contributed by atoms with E-state index in [-0.39, 0.29) is 26.2 Å². The first-order valence-corrected chi connectivity index (χ1v) is 16.8. The van der Waals surface area contributed by atoms with E-state index in [4.69, 9.17) is 67.5 Å². The van der Waals surface area contributed by atoms with Crippen molar-refractivity contribution in [2.45, 2.75) is 63.0 Å². The third-order valence-corrected chi connectivity index (χ3v) is 9.20. The number of carbonyl (C=O) groups excluding carboxylic acids is 4. The van der Waals surface area contributed by atoms with Gasteiger partial charge in [-0.1, -0.05) is 40.9 Å². The Labute approximate surface area is 312 Å². The third-order valence-electron chi connectivity index (χ3n) is 7.19. The van der Waals surface area contributed by atoms with Crippen LogP contribution in [0.5, 0.6) is 0 Å². The first-order valence-electron chi connectivity index (χ1n) is 14.9. The molecule has 1 saturated carbocycles. The maximum Gasteiger partial charge on any atom is 0.424 e. The highest BCUT2D eigenvalue weighted by atomic mass is 35.5. The molecule has 0 spiro atoms. The number of amides is 4. The van der Waals surface area contributed by atoms with Crippen molar-refractivity contribution in [2.75, 3.05) is 22.2 Å². The highest BCUT2D eigenvalue weighted by molar-refractivity contribution is 6.53. The van der Waals surface area contributed by atoms with Gasteiger partial charge < -0.3 is 19.7 Å². The zero-order valence-electron chi connectivity index (χ0n) is 27.8. The van der Waals surface area contributed by atoms with Gasteiger partial charge in [-0.3, -0.25) is 9.59 Å². The molecule has 16 heteroatoms. The lowest BCUT2D eigenvalue weighted by atomic mass is 10.1. The molecule has 1 fully saturated rings. The number of nitrogens with one attached hydrogen (secondary N) is 1. The predicted octanol–water partition coefficient (Wildman–Crippen LogP) is 10.4. The third kappa shape index (κ3) is 8.57. The molecule has 3 aromatic carbocycles. The highest BCUT2D eigenvalue weighted by Gasteiger charge is 2.67. The lowest BCUT2D eigenvalue weighted by molar-refractivity contribution is -0.117. The Bertz CT molecular complexity index is 1850. The second-order valence-corrected chi connectivity index (χ2v) is 16.0.